The van der Waals surface area contributed by atoms with Crippen molar-refractivity contribution in [1.82, 2.24) is 9.47 Å². The Bertz CT molecular complexity index is 645. The van der Waals surface area contributed by atoms with E-state index >= 15 is 0 Å². The molecular formula is C18H23N3O. The summed E-state index contributed by atoms with van der Waals surface area (Å²) in [5, 5.41) is 2.99. The average molecular weight is 297 g/mol. The Morgan fingerprint density at radius 1 is 1.27 bits per heavy atom. The third kappa shape index (κ3) is 3.22. The molecule has 1 fully saturated rings. The number of rotatable bonds is 4. The van der Waals surface area contributed by atoms with E-state index in [0.717, 1.165) is 25.1 Å². The van der Waals surface area contributed by atoms with E-state index in [1.54, 1.807) is 0 Å². The van der Waals surface area contributed by atoms with Gasteiger partial charge in [0.15, 0.2) is 0 Å². The lowest BCUT2D eigenvalue weighted by Crippen LogP contribution is -2.33. The molecule has 0 radical (unpaired) electrons. The number of likely N-dealkylation sites (tertiary alicyclic amines) is 1. The Kier molecular flexibility index (Phi) is 4.29. The van der Waals surface area contributed by atoms with E-state index in [4.69, 9.17) is 0 Å². The summed E-state index contributed by atoms with van der Waals surface area (Å²) in [6.07, 6.45) is 4.33. The number of carbonyl (C=O) groups is 1. The van der Waals surface area contributed by atoms with Crippen LogP contribution in [-0.4, -0.2) is 28.5 Å². The number of nitrogens with one attached hydrogen (secondary N) is 1. The molecular weight excluding hydrogens is 274 g/mol. The summed E-state index contributed by atoms with van der Waals surface area (Å²) in [5.41, 5.74) is 3.35. The molecule has 1 aliphatic rings. The van der Waals surface area contributed by atoms with Gasteiger partial charge in [-0.2, -0.15) is 0 Å². The quantitative estimate of drug-likeness (QED) is 0.941. The molecule has 0 bridgehead atoms. The van der Waals surface area contributed by atoms with Gasteiger partial charge in [-0.1, -0.05) is 17.7 Å². The van der Waals surface area contributed by atoms with Crippen LogP contribution in [0.4, 0.5) is 5.69 Å². The minimum atomic E-state index is 0.0602. The number of aromatic nitrogens is 1. The van der Waals surface area contributed by atoms with E-state index in [9.17, 15) is 4.79 Å². The minimum Gasteiger partial charge on any atom is -0.353 e. The zero-order valence-electron chi connectivity index (χ0n) is 13.2. The standard InChI is InChI=1S/C18H23N3O/c1-14-7-9-15(10-8-14)19-18(22)13-21-12-4-6-17(21)16-5-3-11-20(16)2/h3,5,7-11,17H,4,6,12-13H2,1-2H3,(H,19,22)/t17-/m0/s1. The smallest absolute Gasteiger partial charge is 0.238 e. The minimum absolute atomic E-state index is 0.0602. The molecule has 0 unspecified atom stereocenters. The van der Waals surface area contributed by atoms with Crippen molar-refractivity contribution < 1.29 is 4.79 Å². The van der Waals surface area contributed by atoms with Crippen LogP contribution in [0, 0.1) is 6.92 Å². The van der Waals surface area contributed by atoms with Crippen LogP contribution in [0.1, 0.15) is 30.1 Å². The summed E-state index contributed by atoms with van der Waals surface area (Å²) in [7, 11) is 2.07. The van der Waals surface area contributed by atoms with E-state index in [1.807, 2.05) is 31.2 Å². The molecule has 0 spiro atoms. The molecule has 22 heavy (non-hydrogen) atoms. The van der Waals surface area contributed by atoms with Gasteiger partial charge in [-0.05, 0) is 50.6 Å². The number of aryl methyl sites for hydroxylation is 2. The van der Waals surface area contributed by atoms with Crippen molar-refractivity contribution in [3.63, 3.8) is 0 Å². The average Bonchev–Trinajstić information content (AvgIpc) is 3.10. The van der Waals surface area contributed by atoms with E-state index in [0.29, 0.717) is 12.6 Å². The Labute approximate surface area is 131 Å². The highest BCUT2D eigenvalue weighted by Gasteiger charge is 2.28. The Balaban J connectivity index is 1.63. The van der Waals surface area contributed by atoms with E-state index in [-0.39, 0.29) is 5.91 Å². The van der Waals surface area contributed by atoms with Crippen LogP contribution >= 0.6 is 0 Å². The largest absolute Gasteiger partial charge is 0.353 e. The van der Waals surface area contributed by atoms with Gasteiger partial charge >= 0.3 is 0 Å². The van der Waals surface area contributed by atoms with Gasteiger partial charge in [0.2, 0.25) is 5.91 Å². The van der Waals surface area contributed by atoms with Crippen molar-refractivity contribution in [1.29, 1.82) is 0 Å². The summed E-state index contributed by atoms with van der Waals surface area (Å²) in [6, 6.07) is 12.5. The molecule has 0 aliphatic carbocycles. The first-order valence-electron chi connectivity index (χ1n) is 7.85. The lowest BCUT2D eigenvalue weighted by molar-refractivity contribution is -0.117. The third-order valence-corrected chi connectivity index (χ3v) is 4.37. The molecule has 1 aromatic carbocycles. The van der Waals surface area contributed by atoms with Crippen molar-refractivity contribution in [2.75, 3.05) is 18.4 Å². The molecule has 2 aromatic rings. The first kappa shape index (κ1) is 14.9. The van der Waals surface area contributed by atoms with Crippen LogP contribution in [0.3, 0.4) is 0 Å². The van der Waals surface area contributed by atoms with Crippen molar-refractivity contribution in [2.45, 2.75) is 25.8 Å². The maximum absolute atomic E-state index is 12.3. The molecule has 0 saturated carbocycles. The van der Waals surface area contributed by atoms with Gasteiger partial charge in [0.25, 0.3) is 0 Å². The van der Waals surface area contributed by atoms with E-state index in [2.05, 4.69) is 40.2 Å². The molecule has 1 atom stereocenters. The lowest BCUT2D eigenvalue weighted by Gasteiger charge is -2.24. The van der Waals surface area contributed by atoms with Crippen LogP contribution < -0.4 is 5.32 Å². The fraction of sp³-hybridized carbons (Fsp3) is 0.389. The molecule has 1 N–H and O–H groups in total. The number of anilines is 1. The summed E-state index contributed by atoms with van der Waals surface area (Å²) in [5.74, 6) is 0.0602. The van der Waals surface area contributed by atoms with Gasteiger partial charge in [0.05, 0.1) is 12.6 Å². The van der Waals surface area contributed by atoms with Gasteiger partial charge in [-0.25, -0.2) is 0 Å². The number of benzene rings is 1. The monoisotopic (exact) mass is 297 g/mol. The molecule has 3 rings (SSSR count). The van der Waals surface area contributed by atoms with Gasteiger partial charge < -0.3 is 9.88 Å². The fourth-order valence-corrected chi connectivity index (χ4v) is 3.19. The fourth-order valence-electron chi connectivity index (χ4n) is 3.19. The molecule has 4 heteroatoms. The van der Waals surface area contributed by atoms with Gasteiger partial charge in [0, 0.05) is 24.6 Å². The van der Waals surface area contributed by atoms with Crippen molar-refractivity contribution in [2.24, 2.45) is 7.05 Å². The van der Waals surface area contributed by atoms with Crippen LogP contribution in [-0.2, 0) is 11.8 Å². The first-order chi connectivity index (χ1) is 10.6. The summed E-state index contributed by atoms with van der Waals surface area (Å²) in [6.45, 7) is 3.47. The van der Waals surface area contributed by atoms with Crippen molar-refractivity contribution in [3.8, 4) is 0 Å². The van der Waals surface area contributed by atoms with Crippen molar-refractivity contribution in [3.05, 3.63) is 53.9 Å². The first-order valence-corrected chi connectivity index (χ1v) is 7.85. The molecule has 1 aromatic heterocycles. The lowest BCUT2D eigenvalue weighted by atomic mass is 10.1. The molecule has 2 heterocycles. The summed E-state index contributed by atoms with van der Waals surface area (Å²) >= 11 is 0. The predicted octanol–water partition coefficient (Wildman–Crippen LogP) is 3.11. The van der Waals surface area contributed by atoms with Gasteiger partial charge in [-0.15, -0.1) is 0 Å². The maximum Gasteiger partial charge on any atom is 0.238 e. The zero-order valence-corrected chi connectivity index (χ0v) is 13.2. The molecule has 116 valence electrons. The highest BCUT2D eigenvalue weighted by atomic mass is 16.2. The topological polar surface area (TPSA) is 37.3 Å². The number of nitrogens with zero attached hydrogens (tertiary/aromatic N) is 2. The molecule has 4 nitrogen and oxygen atoms in total. The SMILES string of the molecule is Cc1ccc(NC(=O)CN2CCC[C@H]2c2cccn2C)cc1. The summed E-state index contributed by atoms with van der Waals surface area (Å²) in [4.78, 5) is 14.6. The van der Waals surface area contributed by atoms with E-state index in [1.165, 1.54) is 11.3 Å². The second-order valence-corrected chi connectivity index (χ2v) is 6.09. The van der Waals surface area contributed by atoms with Crippen molar-refractivity contribution >= 4 is 11.6 Å². The van der Waals surface area contributed by atoms with Gasteiger partial charge in [-0.3, -0.25) is 9.69 Å². The molecule has 1 saturated heterocycles. The summed E-state index contributed by atoms with van der Waals surface area (Å²) < 4.78 is 2.15. The van der Waals surface area contributed by atoms with Crippen LogP contribution in [0.2, 0.25) is 0 Å². The maximum atomic E-state index is 12.3. The Morgan fingerprint density at radius 3 is 2.73 bits per heavy atom. The normalized spacial score (nSPS) is 18.5. The second kappa shape index (κ2) is 6.36. The second-order valence-electron chi connectivity index (χ2n) is 6.09. The Hall–Kier alpha value is -2.07. The number of carbonyl (C=O) groups excluding carboxylic acids is 1. The van der Waals surface area contributed by atoms with E-state index < -0.39 is 0 Å². The van der Waals surface area contributed by atoms with Crippen LogP contribution in [0.15, 0.2) is 42.6 Å². The number of amides is 1. The van der Waals surface area contributed by atoms with Gasteiger partial charge in [0.1, 0.15) is 0 Å². The molecule has 1 amide bonds. The van der Waals surface area contributed by atoms with Crippen LogP contribution in [0.5, 0.6) is 0 Å². The number of hydrogen-bond acceptors (Lipinski definition) is 2. The zero-order chi connectivity index (χ0) is 15.5. The van der Waals surface area contributed by atoms with Crippen LogP contribution in [0.25, 0.3) is 0 Å². The predicted molar refractivity (Wildman–Crippen MR) is 88.8 cm³/mol. The highest BCUT2D eigenvalue weighted by Crippen LogP contribution is 2.31. The third-order valence-electron chi connectivity index (χ3n) is 4.37. The highest BCUT2D eigenvalue weighted by molar-refractivity contribution is 5.92. The Morgan fingerprint density at radius 2 is 2.05 bits per heavy atom. The molecule has 1 aliphatic heterocycles. The number of hydrogen-bond donors (Lipinski definition) is 1.